The molecule has 312 valence electrons. The molecule has 1 saturated carbocycles. The summed E-state index contributed by atoms with van der Waals surface area (Å²) < 4.78 is 29.9. The van der Waals surface area contributed by atoms with Gasteiger partial charge in [-0.2, -0.15) is 0 Å². The molecule has 3 fully saturated rings. The molecule has 13 atom stereocenters. The molecule has 0 aromatic heterocycles. The highest BCUT2D eigenvalue weighted by Crippen LogP contribution is 2.39. The molecule has 2 saturated heterocycles. The number of hydrogen-bond acceptors (Lipinski definition) is 11. The van der Waals surface area contributed by atoms with Gasteiger partial charge < -0.3 is 38.8 Å². The number of aliphatic hydroxyl groups is 2. The maximum atomic E-state index is 14.3. The second-order valence-corrected chi connectivity index (χ2v) is 17.0. The van der Waals surface area contributed by atoms with Gasteiger partial charge in [0.05, 0.1) is 24.4 Å². The van der Waals surface area contributed by atoms with Gasteiger partial charge in [-0.25, -0.2) is 4.79 Å². The number of ketones is 2. The number of piperidine rings is 1. The number of hydrogen-bond donors (Lipinski definition) is 2. The summed E-state index contributed by atoms with van der Waals surface area (Å²) >= 11 is 0. The molecule has 0 aromatic rings. The lowest BCUT2D eigenvalue weighted by molar-refractivity contribution is -0.302. The number of Topliss-reactive ketones (excluding diaryl/α,β-unsaturated/α-hetero) is 2. The molecule has 2 bridgehead atoms. The van der Waals surface area contributed by atoms with Crippen molar-refractivity contribution in [1.29, 1.82) is 0 Å². The number of amides is 1. The van der Waals surface area contributed by atoms with Gasteiger partial charge in [-0.15, -0.1) is 0 Å². The van der Waals surface area contributed by atoms with Crippen LogP contribution in [0.3, 0.4) is 0 Å². The fraction of sp³-hybridized carbons (Fsp3) is 0.814. The van der Waals surface area contributed by atoms with E-state index in [-0.39, 0.29) is 49.5 Å². The van der Waals surface area contributed by atoms with Crippen molar-refractivity contribution in [3.63, 3.8) is 0 Å². The number of ether oxygens (including phenoxy) is 5. The second kappa shape index (κ2) is 20.3. The summed E-state index contributed by atoms with van der Waals surface area (Å²) in [6, 6.07) is -1.09. The lowest BCUT2D eigenvalue weighted by atomic mass is 9.82. The van der Waals surface area contributed by atoms with Crippen LogP contribution in [0.1, 0.15) is 119 Å². The normalized spacial score (nSPS) is 40.7. The topological polar surface area (TPSA) is 158 Å². The molecule has 12 heteroatoms. The van der Waals surface area contributed by atoms with E-state index in [9.17, 15) is 29.4 Å². The molecule has 3 heterocycles. The molecular weight excluding hydrogens is 706 g/mol. The van der Waals surface area contributed by atoms with Gasteiger partial charge in [-0.1, -0.05) is 51.8 Å². The Kier molecular flexibility index (Phi) is 16.7. The van der Waals surface area contributed by atoms with Crippen molar-refractivity contribution >= 4 is 23.4 Å². The zero-order valence-corrected chi connectivity index (χ0v) is 34.8. The number of carbonyl (C=O) groups excluding carboxylic acids is 4. The molecule has 4 aliphatic rings. The van der Waals surface area contributed by atoms with Gasteiger partial charge in [0.25, 0.3) is 11.7 Å². The minimum atomic E-state index is -2.48. The van der Waals surface area contributed by atoms with Gasteiger partial charge in [0.15, 0.2) is 0 Å². The molecule has 0 radical (unpaired) electrons. The van der Waals surface area contributed by atoms with Crippen molar-refractivity contribution in [2.45, 2.75) is 167 Å². The van der Waals surface area contributed by atoms with Crippen LogP contribution in [0.5, 0.6) is 0 Å². The van der Waals surface area contributed by atoms with E-state index in [1.165, 1.54) is 4.90 Å². The lowest BCUT2D eigenvalue weighted by Crippen LogP contribution is -2.64. The quantitative estimate of drug-likeness (QED) is 0.199. The van der Waals surface area contributed by atoms with Crippen molar-refractivity contribution in [2.75, 3.05) is 27.9 Å². The lowest BCUT2D eigenvalue weighted by Gasteiger charge is -2.47. The van der Waals surface area contributed by atoms with E-state index in [1.807, 2.05) is 26.8 Å². The molecule has 55 heavy (non-hydrogen) atoms. The SMILES string of the molecule is CC[C@@H]1/C=C(\C)C[C@H](C)C[C@H](OC)[C@H]2O[C@@](O)(C(=O)C(=O)N3CCCC[C@H]3C(=O)O[C@H](/C(C)=C/[C@@H]3CCC[C@H](OC)C3)[C@H](C)[C@@H](O)CC1=O)[C@H](C)C[C@@H]2OC. The number of aliphatic hydroxyl groups excluding tert-OH is 1. The van der Waals surface area contributed by atoms with Crippen LogP contribution in [0.4, 0.5) is 0 Å². The summed E-state index contributed by atoms with van der Waals surface area (Å²) in [6.45, 7) is 11.4. The van der Waals surface area contributed by atoms with E-state index in [2.05, 4.69) is 13.0 Å². The predicted octanol–water partition coefficient (Wildman–Crippen LogP) is 5.50. The van der Waals surface area contributed by atoms with Gasteiger partial charge in [0, 0.05) is 52.0 Å². The summed E-state index contributed by atoms with van der Waals surface area (Å²) in [5.74, 6) is -7.07. The number of cyclic esters (lactones) is 1. The van der Waals surface area contributed by atoms with Crippen LogP contribution in [-0.2, 0) is 42.9 Å². The standard InChI is InChI=1S/C43H69NO11/c1-10-31-19-25(2)18-26(3)20-36(52-8)39-37(53-9)22-28(5)43(50,55-39)40(47)41(48)44-17-12-11-16-33(44)42(49)54-38(29(6)34(45)24-35(31)46)27(4)21-30-14-13-15-32(23-30)51-7/h19,21,26,28-34,36-39,45,50H,10-18,20,22-24H2,1-9H3/b25-19+,27-21+/t26-,28+,29+,30-,31+,32-,33-,34-,36-,37-,38+,39+,43+/m0/s1. The van der Waals surface area contributed by atoms with Crippen LogP contribution in [0.2, 0.25) is 0 Å². The largest absolute Gasteiger partial charge is 0.456 e. The number of allylic oxidation sites excluding steroid dienone is 3. The third kappa shape index (κ3) is 10.9. The molecule has 0 unspecified atom stereocenters. The third-order valence-electron chi connectivity index (χ3n) is 12.8. The highest BCUT2D eigenvalue weighted by Gasteiger charge is 2.56. The average molecular weight is 776 g/mol. The maximum absolute atomic E-state index is 14.3. The molecule has 1 aliphatic carbocycles. The highest BCUT2D eigenvalue weighted by molar-refractivity contribution is 6.39. The van der Waals surface area contributed by atoms with Gasteiger partial charge in [-0.05, 0) is 95.5 Å². The van der Waals surface area contributed by atoms with E-state index in [0.717, 1.165) is 36.8 Å². The maximum Gasteiger partial charge on any atom is 0.329 e. The van der Waals surface area contributed by atoms with Gasteiger partial charge >= 0.3 is 5.97 Å². The van der Waals surface area contributed by atoms with E-state index >= 15 is 0 Å². The Bertz CT molecular complexity index is 1400. The summed E-state index contributed by atoms with van der Waals surface area (Å²) in [7, 11) is 4.80. The van der Waals surface area contributed by atoms with E-state index in [0.29, 0.717) is 32.1 Å². The van der Waals surface area contributed by atoms with Crippen LogP contribution in [0.25, 0.3) is 0 Å². The van der Waals surface area contributed by atoms with E-state index in [4.69, 9.17) is 23.7 Å². The first-order chi connectivity index (χ1) is 26.1. The molecule has 12 nitrogen and oxygen atoms in total. The Balaban J connectivity index is 1.76. The zero-order chi connectivity index (χ0) is 40.6. The van der Waals surface area contributed by atoms with E-state index in [1.54, 1.807) is 35.2 Å². The summed E-state index contributed by atoms with van der Waals surface area (Å²) in [5, 5.41) is 23.7. The zero-order valence-electron chi connectivity index (χ0n) is 34.8. The van der Waals surface area contributed by atoms with Crippen LogP contribution in [0.15, 0.2) is 23.3 Å². The van der Waals surface area contributed by atoms with Gasteiger partial charge in [0.1, 0.15) is 24.0 Å². The monoisotopic (exact) mass is 775 g/mol. The summed E-state index contributed by atoms with van der Waals surface area (Å²) in [4.78, 5) is 57.6. The first-order valence-corrected chi connectivity index (χ1v) is 20.7. The number of methoxy groups -OCH3 is 3. The first-order valence-electron chi connectivity index (χ1n) is 20.7. The smallest absolute Gasteiger partial charge is 0.329 e. The van der Waals surface area contributed by atoms with Crippen molar-refractivity contribution < 1.29 is 53.1 Å². The van der Waals surface area contributed by atoms with Gasteiger partial charge in [0.2, 0.25) is 5.79 Å². The minimum Gasteiger partial charge on any atom is -0.456 e. The first kappa shape index (κ1) is 45.2. The molecule has 1 amide bonds. The fourth-order valence-corrected chi connectivity index (χ4v) is 9.39. The fourth-order valence-electron chi connectivity index (χ4n) is 9.39. The molecule has 0 spiro atoms. The summed E-state index contributed by atoms with van der Waals surface area (Å²) in [6.07, 6.45) is 7.20. The van der Waals surface area contributed by atoms with E-state index < -0.39 is 77.8 Å². The molecule has 3 aliphatic heterocycles. The predicted molar refractivity (Wildman–Crippen MR) is 207 cm³/mol. The number of nitrogens with zero attached hydrogens (tertiary/aromatic N) is 1. The molecular formula is C43H69NO11. The Morgan fingerprint density at radius 1 is 0.945 bits per heavy atom. The van der Waals surface area contributed by atoms with Crippen LogP contribution >= 0.6 is 0 Å². The third-order valence-corrected chi connectivity index (χ3v) is 12.8. The Hall–Kier alpha value is -2.48. The Labute approximate surface area is 328 Å². The Morgan fingerprint density at radius 3 is 2.29 bits per heavy atom. The van der Waals surface area contributed by atoms with Crippen LogP contribution in [0, 0.1) is 29.6 Å². The molecule has 4 rings (SSSR count). The number of esters is 1. The van der Waals surface area contributed by atoms with Crippen molar-refractivity contribution in [2.24, 2.45) is 29.6 Å². The van der Waals surface area contributed by atoms with Crippen molar-refractivity contribution in [1.82, 2.24) is 4.90 Å². The molecule has 0 aromatic carbocycles. The van der Waals surface area contributed by atoms with Crippen LogP contribution < -0.4 is 0 Å². The number of rotatable bonds is 6. The Morgan fingerprint density at radius 2 is 1.64 bits per heavy atom. The van der Waals surface area contributed by atoms with Crippen molar-refractivity contribution in [3.8, 4) is 0 Å². The average Bonchev–Trinajstić information content (AvgIpc) is 3.17. The second-order valence-electron chi connectivity index (χ2n) is 17.0. The number of fused-ring (bicyclic) bond motifs is 3. The van der Waals surface area contributed by atoms with Gasteiger partial charge in [-0.3, -0.25) is 14.4 Å². The van der Waals surface area contributed by atoms with Crippen LogP contribution in [-0.4, -0.2) is 115 Å². The minimum absolute atomic E-state index is 0.0514. The summed E-state index contributed by atoms with van der Waals surface area (Å²) in [5.41, 5.74) is 1.76. The highest BCUT2D eigenvalue weighted by atomic mass is 16.7. The number of carbonyl (C=O) groups is 4. The van der Waals surface area contributed by atoms with Crippen molar-refractivity contribution in [3.05, 3.63) is 23.3 Å². The molecule has 2 N–H and O–H groups in total.